The zero-order valence-corrected chi connectivity index (χ0v) is 13.6. The van der Waals surface area contributed by atoms with E-state index >= 15 is 0 Å². The van der Waals surface area contributed by atoms with Crippen LogP contribution in [0.3, 0.4) is 0 Å². The van der Waals surface area contributed by atoms with Gasteiger partial charge in [0.2, 0.25) is 0 Å². The highest BCUT2D eigenvalue weighted by atomic mass is 79.9. The van der Waals surface area contributed by atoms with Crippen LogP contribution in [0.15, 0.2) is 28.9 Å². The van der Waals surface area contributed by atoms with Crippen molar-refractivity contribution in [3.8, 4) is 0 Å². The third kappa shape index (κ3) is 3.20. The van der Waals surface area contributed by atoms with Crippen LogP contribution in [-0.2, 0) is 0 Å². The van der Waals surface area contributed by atoms with Gasteiger partial charge >= 0.3 is 5.69 Å². The minimum Gasteiger partial charge on any atom is -0.379 e. The number of fused-ring (bicyclic) bond motifs is 1. The molecule has 1 atom stereocenters. The number of nitrogens with zero attached hydrogens (tertiary/aromatic N) is 2. The molecule has 1 aliphatic heterocycles. The van der Waals surface area contributed by atoms with Crippen molar-refractivity contribution in [1.82, 2.24) is 10.3 Å². The molecule has 2 aromatic rings. The first-order valence-electron chi connectivity index (χ1n) is 7.32. The van der Waals surface area contributed by atoms with Crippen LogP contribution in [0, 0.1) is 16.0 Å². The molecule has 0 spiro atoms. The Morgan fingerprint density at radius 2 is 2.36 bits per heavy atom. The molecule has 0 bridgehead atoms. The van der Waals surface area contributed by atoms with Gasteiger partial charge in [-0.15, -0.1) is 0 Å². The van der Waals surface area contributed by atoms with Crippen molar-refractivity contribution in [2.45, 2.75) is 12.8 Å². The maximum atomic E-state index is 11.3. The molecule has 0 amide bonds. The Kier molecular flexibility index (Phi) is 4.54. The van der Waals surface area contributed by atoms with Crippen molar-refractivity contribution >= 4 is 38.2 Å². The molecular formula is C15H17BrN4O2. The quantitative estimate of drug-likeness (QED) is 0.642. The molecule has 1 aliphatic rings. The van der Waals surface area contributed by atoms with Crippen molar-refractivity contribution < 1.29 is 4.92 Å². The normalized spacial score (nSPS) is 18.3. The number of rotatable bonds is 4. The Hall–Kier alpha value is -1.73. The molecule has 1 fully saturated rings. The molecule has 0 saturated carbocycles. The number of aromatic nitrogens is 1. The molecule has 1 saturated heterocycles. The molecule has 2 N–H and O–H groups in total. The molecule has 0 aliphatic carbocycles. The largest absolute Gasteiger partial charge is 0.379 e. The van der Waals surface area contributed by atoms with Crippen LogP contribution in [-0.4, -0.2) is 29.5 Å². The molecule has 1 aromatic heterocycles. The van der Waals surface area contributed by atoms with E-state index in [9.17, 15) is 10.1 Å². The van der Waals surface area contributed by atoms with Gasteiger partial charge in [-0.2, -0.15) is 0 Å². The van der Waals surface area contributed by atoms with Crippen LogP contribution >= 0.6 is 15.9 Å². The van der Waals surface area contributed by atoms with Crippen molar-refractivity contribution in [2.75, 3.05) is 25.0 Å². The number of hydrogen-bond donors (Lipinski definition) is 2. The van der Waals surface area contributed by atoms with E-state index < -0.39 is 0 Å². The third-order valence-electron chi connectivity index (χ3n) is 3.97. The standard InChI is InChI=1S/C15H17BrN4O2/c16-11-3-4-13-12(6-11)15(14(9-18-13)20(21)22)19-8-10-2-1-5-17-7-10/h3-4,6,9-10,17H,1-2,5,7-8H2,(H,18,19). The average Bonchev–Trinajstić information content (AvgIpc) is 2.53. The fourth-order valence-corrected chi connectivity index (χ4v) is 3.18. The number of halogens is 1. The summed E-state index contributed by atoms with van der Waals surface area (Å²) in [6.07, 6.45) is 3.62. The topological polar surface area (TPSA) is 80.1 Å². The number of piperidine rings is 1. The molecule has 0 radical (unpaired) electrons. The second-order valence-electron chi connectivity index (χ2n) is 5.53. The maximum Gasteiger partial charge on any atom is 0.311 e. The number of pyridine rings is 1. The van der Waals surface area contributed by atoms with Crippen molar-refractivity contribution in [1.29, 1.82) is 0 Å². The predicted molar refractivity (Wildman–Crippen MR) is 90.2 cm³/mol. The third-order valence-corrected chi connectivity index (χ3v) is 4.47. The van der Waals surface area contributed by atoms with Crippen molar-refractivity contribution in [3.05, 3.63) is 39.0 Å². The van der Waals surface area contributed by atoms with Gasteiger partial charge in [-0.1, -0.05) is 15.9 Å². The lowest BCUT2D eigenvalue weighted by molar-refractivity contribution is -0.384. The van der Waals surface area contributed by atoms with Crippen LogP contribution in [0.1, 0.15) is 12.8 Å². The van der Waals surface area contributed by atoms with Crippen LogP contribution in [0.4, 0.5) is 11.4 Å². The summed E-state index contributed by atoms with van der Waals surface area (Å²) in [5, 5.41) is 18.7. The lowest BCUT2D eigenvalue weighted by Gasteiger charge is -2.23. The van der Waals surface area contributed by atoms with E-state index in [-0.39, 0.29) is 10.6 Å². The molecule has 3 rings (SSSR count). The zero-order valence-electron chi connectivity index (χ0n) is 12.0. The average molecular weight is 365 g/mol. The minimum atomic E-state index is -0.380. The minimum absolute atomic E-state index is 0.0226. The first kappa shape index (κ1) is 15.2. The fraction of sp³-hybridized carbons (Fsp3) is 0.400. The van der Waals surface area contributed by atoms with Gasteiger partial charge in [0.1, 0.15) is 11.9 Å². The highest BCUT2D eigenvalue weighted by molar-refractivity contribution is 9.10. The van der Waals surface area contributed by atoms with Gasteiger partial charge in [0.25, 0.3) is 0 Å². The lowest BCUT2D eigenvalue weighted by Crippen LogP contribution is -2.33. The molecule has 2 heterocycles. The second kappa shape index (κ2) is 6.58. The Morgan fingerprint density at radius 3 is 3.09 bits per heavy atom. The highest BCUT2D eigenvalue weighted by Crippen LogP contribution is 2.33. The summed E-state index contributed by atoms with van der Waals surface area (Å²) in [6, 6.07) is 5.61. The summed E-state index contributed by atoms with van der Waals surface area (Å²) in [4.78, 5) is 15.1. The van der Waals surface area contributed by atoms with Crippen LogP contribution in [0.25, 0.3) is 10.9 Å². The number of hydrogen-bond acceptors (Lipinski definition) is 5. The lowest BCUT2D eigenvalue weighted by atomic mass is 9.99. The van der Waals surface area contributed by atoms with Crippen LogP contribution in [0.2, 0.25) is 0 Å². The van der Waals surface area contributed by atoms with Crippen LogP contribution in [0.5, 0.6) is 0 Å². The van der Waals surface area contributed by atoms with Gasteiger partial charge in [0, 0.05) is 16.4 Å². The summed E-state index contributed by atoms with van der Waals surface area (Å²) >= 11 is 3.42. The molecule has 22 heavy (non-hydrogen) atoms. The Bertz CT molecular complexity index is 701. The van der Waals surface area contributed by atoms with Gasteiger partial charge in [-0.05, 0) is 50.0 Å². The van der Waals surface area contributed by atoms with E-state index in [4.69, 9.17) is 0 Å². The predicted octanol–water partition coefficient (Wildman–Crippen LogP) is 3.32. The Balaban J connectivity index is 1.94. The summed E-state index contributed by atoms with van der Waals surface area (Å²) < 4.78 is 0.879. The van der Waals surface area contributed by atoms with Gasteiger partial charge in [-0.3, -0.25) is 10.1 Å². The Labute approximate surface area is 136 Å². The number of nitro groups is 1. The highest BCUT2D eigenvalue weighted by Gasteiger charge is 2.20. The summed E-state index contributed by atoms with van der Waals surface area (Å²) in [7, 11) is 0. The van der Waals surface area contributed by atoms with E-state index in [0.717, 1.165) is 47.9 Å². The zero-order chi connectivity index (χ0) is 15.5. The fourth-order valence-electron chi connectivity index (χ4n) is 2.82. The van der Waals surface area contributed by atoms with E-state index in [0.29, 0.717) is 11.6 Å². The number of benzene rings is 1. The molecule has 7 heteroatoms. The van der Waals surface area contributed by atoms with E-state index in [1.165, 1.54) is 6.20 Å². The van der Waals surface area contributed by atoms with Gasteiger partial charge in [-0.25, -0.2) is 4.98 Å². The SMILES string of the molecule is O=[N+]([O-])c1cnc2ccc(Br)cc2c1NCC1CCCNC1. The molecule has 116 valence electrons. The van der Waals surface area contributed by atoms with Crippen molar-refractivity contribution in [2.24, 2.45) is 5.92 Å². The van der Waals surface area contributed by atoms with Gasteiger partial charge in [0.15, 0.2) is 0 Å². The number of anilines is 1. The number of nitrogens with one attached hydrogen (secondary N) is 2. The van der Waals surface area contributed by atoms with E-state index in [1.54, 1.807) is 0 Å². The van der Waals surface area contributed by atoms with Crippen molar-refractivity contribution in [3.63, 3.8) is 0 Å². The van der Waals surface area contributed by atoms with E-state index in [2.05, 4.69) is 31.5 Å². The first-order chi connectivity index (χ1) is 10.6. The summed E-state index contributed by atoms with van der Waals surface area (Å²) in [6.45, 7) is 2.73. The molecule has 1 unspecified atom stereocenters. The molecule has 6 nitrogen and oxygen atoms in total. The molecular weight excluding hydrogens is 348 g/mol. The monoisotopic (exact) mass is 364 g/mol. The first-order valence-corrected chi connectivity index (χ1v) is 8.11. The van der Waals surface area contributed by atoms with Crippen LogP contribution < -0.4 is 10.6 Å². The smallest absolute Gasteiger partial charge is 0.311 e. The summed E-state index contributed by atoms with van der Waals surface area (Å²) in [5.41, 5.74) is 1.33. The summed E-state index contributed by atoms with van der Waals surface area (Å²) in [5.74, 6) is 0.490. The van der Waals surface area contributed by atoms with Gasteiger partial charge in [0.05, 0.1) is 10.4 Å². The Morgan fingerprint density at radius 1 is 1.50 bits per heavy atom. The molecule has 1 aromatic carbocycles. The van der Waals surface area contributed by atoms with E-state index in [1.807, 2.05) is 18.2 Å². The second-order valence-corrected chi connectivity index (χ2v) is 6.45. The maximum absolute atomic E-state index is 11.3. The van der Waals surface area contributed by atoms with Gasteiger partial charge < -0.3 is 10.6 Å².